The van der Waals surface area contributed by atoms with Crippen LogP contribution in [0.2, 0.25) is 0 Å². The predicted octanol–water partition coefficient (Wildman–Crippen LogP) is 2.13. The first kappa shape index (κ1) is 20.4. The molecule has 0 bridgehead atoms. The van der Waals surface area contributed by atoms with Gasteiger partial charge in [0.2, 0.25) is 11.8 Å². The zero-order chi connectivity index (χ0) is 20.8. The lowest BCUT2D eigenvalue weighted by Crippen LogP contribution is -2.56. The molecule has 0 spiro atoms. The minimum absolute atomic E-state index is 0.116. The van der Waals surface area contributed by atoms with Crippen LogP contribution in [-0.4, -0.2) is 34.9 Å². The second kappa shape index (κ2) is 9.23. The van der Waals surface area contributed by atoms with E-state index >= 15 is 0 Å². The van der Waals surface area contributed by atoms with Gasteiger partial charge in [0, 0.05) is 6.42 Å². The van der Waals surface area contributed by atoms with E-state index in [2.05, 4.69) is 5.32 Å². The van der Waals surface area contributed by atoms with E-state index in [0.29, 0.717) is 12.8 Å². The maximum absolute atomic E-state index is 12.9. The number of hydrogen-bond acceptors (Lipinski definition) is 4. The van der Waals surface area contributed by atoms with Gasteiger partial charge in [0.15, 0.2) is 0 Å². The lowest BCUT2D eigenvalue weighted by Gasteiger charge is -2.35. The number of fused-ring (bicyclic) bond motifs is 1. The Morgan fingerprint density at radius 1 is 1.10 bits per heavy atom. The van der Waals surface area contributed by atoms with Gasteiger partial charge in [-0.1, -0.05) is 61.5 Å². The number of carbonyl (C=O) groups is 3. The van der Waals surface area contributed by atoms with Crippen LogP contribution in [0.3, 0.4) is 0 Å². The summed E-state index contributed by atoms with van der Waals surface area (Å²) in [6.07, 6.45) is 0.149. The van der Waals surface area contributed by atoms with Crippen molar-refractivity contribution in [3.63, 3.8) is 0 Å². The summed E-state index contributed by atoms with van der Waals surface area (Å²) < 4.78 is 5.46. The Morgan fingerprint density at radius 2 is 1.76 bits per heavy atom. The molecule has 0 saturated carbocycles. The van der Waals surface area contributed by atoms with Crippen LogP contribution in [0.4, 0.5) is 4.79 Å². The van der Waals surface area contributed by atoms with Crippen molar-refractivity contribution in [2.45, 2.75) is 45.0 Å². The Balaban J connectivity index is 1.78. The number of benzene rings is 2. The normalized spacial score (nSPS) is 16.4. The summed E-state index contributed by atoms with van der Waals surface area (Å²) in [7, 11) is 0. The van der Waals surface area contributed by atoms with Crippen LogP contribution >= 0.6 is 0 Å². The van der Waals surface area contributed by atoms with Crippen LogP contribution in [0.5, 0.6) is 0 Å². The summed E-state index contributed by atoms with van der Waals surface area (Å²) >= 11 is 0. The fourth-order valence-electron chi connectivity index (χ4n) is 3.39. The number of rotatable bonds is 6. The Morgan fingerprint density at radius 3 is 2.41 bits per heavy atom. The smallest absolute Gasteiger partial charge is 0.411 e. The molecule has 0 unspecified atom stereocenters. The molecule has 1 aliphatic heterocycles. The van der Waals surface area contributed by atoms with Gasteiger partial charge in [0.1, 0.15) is 18.7 Å². The van der Waals surface area contributed by atoms with E-state index in [0.717, 1.165) is 16.7 Å². The van der Waals surface area contributed by atoms with Crippen LogP contribution in [0.25, 0.3) is 0 Å². The van der Waals surface area contributed by atoms with Crippen molar-refractivity contribution >= 4 is 17.9 Å². The van der Waals surface area contributed by atoms with Crippen LogP contribution in [0, 0.1) is 0 Å². The number of amides is 3. The third-order valence-electron chi connectivity index (χ3n) is 5.06. The Kier molecular flexibility index (Phi) is 6.49. The lowest BCUT2D eigenvalue weighted by atomic mass is 9.93. The Hall–Kier alpha value is -3.35. The first-order chi connectivity index (χ1) is 14.0. The highest BCUT2D eigenvalue weighted by Gasteiger charge is 2.36. The zero-order valence-corrected chi connectivity index (χ0v) is 16.3. The van der Waals surface area contributed by atoms with Gasteiger partial charge in [-0.3, -0.25) is 14.5 Å². The Labute approximate surface area is 169 Å². The molecule has 3 N–H and O–H groups in total. The maximum atomic E-state index is 12.9. The maximum Gasteiger partial charge on any atom is 0.411 e. The van der Waals surface area contributed by atoms with E-state index in [-0.39, 0.29) is 13.2 Å². The first-order valence-electron chi connectivity index (χ1n) is 9.63. The van der Waals surface area contributed by atoms with Crippen molar-refractivity contribution in [2.75, 3.05) is 0 Å². The van der Waals surface area contributed by atoms with Crippen LogP contribution < -0.4 is 11.1 Å². The fraction of sp³-hybridized carbons (Fsp3) is 0.318. The molecular weight excluding hydrogens is 370 g/mol. The highest BCUT2D eigenvalue weighted by molar-refractivity contribution is 5.91. The summed E-state index contributed by atoms with van der Waals surface area (Å²) in [5.41, 5.74) is 8.17. The van der Waals surface area contributed by atoms with Crippen molar-refractivity contribution in [1.29, 1.82) is 0 Å². The topological polar surface area (TPSA) is 102 Å². The van der Waals surface area contributed by atoms with Crippen LogP contribution in [0.15, 0.2) is 54.6 Å². The van der Waals surface area contributed by atoms with E-state index in [9.17, 15) is 14.4 Å². The standard InChI is InChI=1S/C22H25N3O4/c1-2-18(20(23)26)24-21(27)19-12-16-10-6-7-11-17(16)13-25(19)22(28)29-14-15-8-4-3-5-9-15/h3-11,18-19H,2,12-14H2,1H3,(H2,23,26)(H,24,27)/t18-,19+/m1/s1. The van der Waals surface area contributed by atoms with Gasteiger partial charge in [-0.05, 0) is 23.1 Å². The van der Waals surface area contributed by atoms with Gasteiger partial charge >= 0.3 is 6.09 Å². The molecular formula is C22H25N3O4. The molecule has 7 heteroatoms. The van der Waals surface area contributed by atoms with E-state index in [1.165, 1.54) is 4.90 Å². The van der Waals surface area contributed by atoms with Crippen molar-refractivity contribution in [3.05, 3.63) is 71.3 Å². The van der Waals surface area contributed by atoms with E-state index < -0.39 is 30.0 Å². The highest BCUT2D eigenvalue weighted by atomic mass is 16.6. The number of hydrogen-bond donors (Lipinski definition) is 2. The van der Waals surface area contributed by atoms with Gasteiger partial charge < -0.3 is 15.8 Å². The second-order valence-corrected chi connectivity index (χ2v) is 7.03. The largest absolute Gasteiger partial charge is 0.445 e. The van der Waals surface area contributed by atoms with Gasteiger partial charge in [0.05, 0.1) is 6.54 Å². The molecule has 2 aromatic rings. The average Bonchev–Trinajstić information content (AvgIpc) is 2.75. The second-order valence-electron chi connectivity index (χ2n) is 7.03. The molecule has 1 aliphatic rings. The van der Waals surface area contributed by atoms with Gasteiger partial charge in [-0.25, -0.2) is 4.79 Å². The van der Waals surface area contributed by atoms with E-state index in [4.69, 9.17) is 10.5 Å². The third kappa shape index (κ3) is 4.93. The molecule has 2 atom stereocenters. The molecule has 0 fully saturated rings. The molecule has 0 saturated heterocycles. The lowest BCUT2D eigenvalue weighted by molar-refractivity contribution is -0.131. The van der Waals surface area contributed by atoms with Gasteiger partial charge in [-0.15, -0.1) is 0 Å². The predicted molar refractivity (Wildman–Crippen MR) is 108 cm³/mol. The SMILES string of the molecule is CC[C@@H](NC(=O)[C@@H]1Cc2ccccc2CN1C(=O)OCc1ccccc1)C(N)=O. The van der Waals surface area contributed by atoms with Gasteiger partial charge in [-0.2, -0.15) is 0 Å². The molecule has 29 heavy (non-hydrogen) atoms. The molecule has 152 valence electrons. The molecule has 0 radical (unpaired) electrons. The molecule has 0 aliphatic carbocycles. The van der Waals surface area contributed by atoms with E-state index in [1.54, 1.807) is 6.92 Å². The minimum Gasteiger partial charge on any atom is -0.445 e. The summed E-state index contributed by atoms with van der Waals surface area (Å²) in [5, 5.41) is 2.66. The molecule has 0 aromatic heterocycles. The van der Waals surface area contributed by atoms with Crippen LogP contribution in [0.1, 0.15) is 30.0 Å². The van der Waals surface area contributed by atoms with Crippen molar-refractivity contribution < 1.29 is 19.1 Å². The zero-order valence-electron chi connectivity index (χ0n) is 16.3. The van der Waals surface area contributed by atoms with Crippen molar-refractivity contribution in [1.82, 2.24) is 10.2 Å². The third-order valence-corrected chi connectivity index (χ3v) is 5.06. The molecule has 1 heterocycles. The number of primary amides is 1. The van der Waals surface area contributed by atoms with E-state index in [1.807, 2.05) is 54.6 Å². The molecule has 2 aromatic carbocycles. The highest BCUT2D eigenvalue weighted by Crippen LogP contribution is 2.24. The van der Waals surface area contributed by atoms with Gasteiger partial charge in [0.25, 0.3) is 0 Å². The van der Waals surface area contributed by atoms with Crippen molar-refractivity contribution in [3.8, 4) is 0 Å². The molecule has 3 amide bonds. The van der Waals surface area contributed by atoms with Crippen molar-refractivity contribution in [2.24, 2.45) is 5.73 Å². The van der Waals surface area contributed by atoms with Crippen LogP contribution in [-0.2, 0) is 33.9 Å². The average molecular weight is 395 g/mol. The first-order valence-corrected chi connectivity index (χ1v) is 9.63. The quantitative estimate of drug-likeness (QED) is 0.782. The minimum atomic E-state index is -0.776. The fourth-order valence-corrected chi connectivity index (χ4v) is 3.39. The summed E-state index contributed by atoms with van der Waals surface area (Å²) in [5.74, 6) is -1.02. The monoisotopic (exact) mass is 395 g/mol. The Bertz CT molecular complexity index is 885. The summed E-state index contributed by atoms with van der Waals surface area (Å²) in [6, 6.07) is 15.5. The number of nitrogens with two attached hydrogens (primary N) is 1. The number of nitrogens with one attached hydrogen (secondary N) is 1. The molecule has 7 nitrogen and oxygen atoms in total. The molecule has 3 rings (SSSR count). The summed E-state index contributed by atoms with van der Waals surface area (Å²) in [4.78, 5) is 38.7. The number of ether oxygens (including phenoxy) is 1. The summed E-state index contributed by atoms with van der Waals surface area (Å²) in [6.45, 7) is 2.14. The number of carbonyl (C=O) groups excluding carboxylic acids is 3. The number of nitrogens with zero attached hydrogens (tertiary/aromatic N) is 1.